The molecule has 2 aromatic rings. The molecule has 1 heterocycles. The molecule has 6 heteroatoms. The van der Waals surface area contributed by atoms with Crippen molar-refractivity contribution in [3.8, 4) is 0 Å². The third kappa shape index (κ3) is 4.31. The van der Waals surface area contributed by atoms with Crippen LogP contribution in [0.2, 0.25) is 0 Å². The second-order valence-electron chi connectivity index (χ2n) is 4.47. The topological polar surface area (TPSA) is 83.8 Å². The fourth-order valence-electron chi connectivity index (χ4n) is 1.77. The Kier molecular flexibility index (Phi) is 5.06. The summed E-state index contributed by atoms with van der Waals surface area (Å²) in [5.41, 5.74) is 8.18. The maximum absolute atomic E-state index is 11.8. The van der Waals surface area contributed by atoms with Crippen molar-refractivity contribution in [1.82, 2.24) is 9.97 Å². The quantitative estimate of drug-likeness (QED) is 0.434. The first kappa shape index (κ1) is 14.5. The minimum atomic E-state index is 0.0258. The summed E-state index contributed by atoms with van der Waals surface area (Å²) in [6.45, 7) is 1.93. The Balaban J connectivity index is 1.72. The van der Waals surface area contributed by atoms with Gasteiger partial charge in [0.2, 0.25) is 5.91 Å². The molecule has 0 atom stereocenters. The number of carbonyl (C=O) groups is 1. The number of nitrogens with two attached hydrogens (primary N) is 1. The van der Waals surface area contributed by atoms with Crippen LogP contribution in [0.3, 0.4) is 0 Å². The lowest BCUT2D eigenvalue weighted by atomic mass is 10.1. The molecule has 0 unspecified atom stereocenters. The lowest BCUT2D eigenvalue weighted by molar-refractivity contribution is -0.116. The van der Waals surface area contributed by atoms with Gasteiger partial charge in [-0.25, -0.2) is 4.98 Å². The van der Waals surface area contributed by atoms with Gasteiger partial charge in [0.1, 0.15) is 0 Å². The van der Waals surface area contributed by atoms with Crippen molar-refractivity contribution in [3.05, 3.63) is 36.2 Å². The lowest BCUT2D eigenvalue weighted by Gasteiger charge is -2.08. The van der Waals surface area contributed by atoms with Crippen molar-refractivity contribution in [1.29, 1.82) is 0 Å². The summed E-state index contributed by atoms with van der Waals surface area (Å²) < 4.78 is 0. The average molecular weight is 290 g/mol. The number of H-pyrrole nitrogens is 1. The zero-order chi connectivity index (χ0) is 14.4. The number of aromatic nitrogens is 2. The molecule has 0 saturated heterocycles. The first-order valence-corrected chi connectivity index (χ1v) is 7.42. The minimum Gasteiger partial charge on any atom is -0.399 e. The molecule has 20 heavy (non-hydrogen) atoms. The minimum absolute atomic E-state index is 0.0258. The van der Waals surface area contributed by atoms with Crippen LogP contribution in [0.5, 0.6) is 0 Å². The van der Waals surface area contributed by atoms with Gasteiger partial charge in [-0.2, -0.15) is 0 Å². The van der Waals surface area contributed by atoms with Gasteiger partial charge in [-0.15, -0.1) is 0 Å². The normalized spacial score (nSPS) is 10.4. The van der Waals surface area contributed by atoms with Crippen LogP contribution in [-0.4, -0.2) is 21.6 Å². The van der Waals surface area contributed by atoms with Crippen LogP contribution in [0, 0.1) is 6.92 Å². The number of imidazole rings is 1. The maximum atomic E-state index is 11.8. The van der Waals surface area contributed by atoms with Gasteiger partial charge in [0.25, 0.3) is 0 Å². The molecule has 0 aliphatic rings. The van der Waals surface area contributed by atoms with Gasteiger partial charge < -0.3 is 16.0 Å². The number of aryl methyl sites for hydroxylation is 1. The van der Waals surface area contributed by atoms with Gasteiger partial charge in [0.15, 0.2) is 5.16 Å². The van der Waals surface area contributed by atoms with E-state index in [0.29, 0.717) is 12.1 Å². The molecule has 0 bridgehead atoms. The number of thioether (sulfide) groups is 1. The van der Waals surface area contributed by atoms with E-state index in [1.165, 1.54) is 0 Å². The van der Waals surface area contributed by atoms with Crippen LogP contribution in [0.4, 0.5) is 11.4 Å². The second kappa shape index (κ2) is 7.00. The van der Waals surface area contributed by atoms with E-state index in [-0.39, 0.29) is 5.91 Å². The highest BCUT2D eigenvalue weighted by Crippen LogP contribution is 2.18. The fourth-order valence-corrected chi connectivity index (χ4v) is 2.54. The molecule has 0 aliphatic heterocycles. The number of hydrogen-bond acceptors (Lipinski definition) is 4. The standard InChI is InChI=1S/C14H18N4OS/c1-10-9-11(15)4-5-12(10)18-13(19)3-2-8-20-14-16-6-7-17-14/h4-7,9H,2-3,8,15H2,1H3,(H,16,17)(H,18,19). The van der Waals surface area contributed by atoms with Gasteiger partial charge >= 0.3 is 0 Å². The zero-order valence-corrected chi connectivity index (χ0v) is 12.2. The number of carbonyl (C=O) groups excluding carboxylic acids is 1. The van der Waals surface area contributed by atoms with Crippen LogP contribution in [0.25, 0.3) is 0 Å². The highest BCUT2D eigenvalue weighted by molar-refractivity contribution is 7.99. The predicted octanol–water partition coefficient (Wildman–Crippen LogP) is 2.81. The Bertz CT molecular complexity index is 569. The summed E-state index contributed by atoms with van der Waals surface area (Å²) in [4.78, 5) is 19.0. The lowest BCUT2D eigenvalue weighted by Crippen LogP contribution is -2.12. The second-order valence-corrected chi connectivity index (χ2v) is 5.55. The average Bonchev–Trinajstić information content (AvgIpc) is 2.91. The van der Waals surface area contributed by atoms with E-state index in [0.717, 1.165) is 28.6 Å². The number of hydrogen-bond donors (Lipinski definition) is 3. The van der Waals surface area contributed by atoms with Crippen LogP contribution < -0.4 is 11.1 Å². The van der Waals surface area contributed by atoms with E-state index in [2.05, 4.69) is 15.3 Å². The number of nitrogen functional groups attached to an aromatic ring is 1. The van der Waals surface area contributed by atoms with Crippen molar-refractivity contribution >= 4 is 29.0 Å². The number of aromatic amines is 1. The Hall–Kier alpha value is -1.95. The Morgan fingerprint density at radius 1 is 1.50 bits per heavy atom. The van der Waals surface area contributed by atoms with E-state index in [9.17, 15) is 4.79 Å². The van der Waals surface area contributed by atoms with Gasteiger partial charge in [-0.1, -0.05) is 11.8 Å². The first-order valence-electron chi connectivity index (χ1n) is 6.43. The molecule has 106 valence electrons. The monoisotopic (exact) mass is 290 g/mol. The summed E-state index contributed by atoms with van der Waals surface area (Å²) in [6, 6.07) is 5.47. The molecular formula is C14H18N4OS. The fraction of sp³-hybridized carbons (Fsp3) is 0.286. The number of amides is 1. The van der Waals surface area contributed by atoms with Crippen molar-refractivity contribution < 1.29 is 4.79 Å². The number of anilines is 2. The summed E-state index contributed by atoms with van der Waals surface area (Å²) >= 11 is 1.62. The Labute approximate surface area is 122 Å². The maximum Gasteiger partial charge on any atom is 0.224 e. The van der Waals surface area contributed by atoms with E-state index in [4.69, 9.17) is 5.73 Å². The predicted molar refractivity (Wildman–Crippen MR) is 82.8 cm³/mol. The van der Waals surface area contributed by atoms with Gasteiger partial charge in [-0.05, 0) is 37.1 Å². The van der Waals surface area contributed by atoms with Crippen LogP contribution in [0.15, 0.2) is 35.7 Å². The van der Waals surface area contributed by atoms with E-state index in [1.54, 1.807) is 30.2 Å². The molecule has 0 saturated carbocycles. The SMILES string of the molecule is Cc1cc(N)ccc1NC(=O)CCCSc1ncc[nH]1. The molecular weight excluding hydrogens is 272 g/mol. The smallest absolute Gasteiger partial charge is 0.224 e. The summed E-state index contributed by atoms with van der Waals surface area (Å²) in [5.74, 6) is 0.889. The number of nitrogens with one attached hydrogen (secondary N) is 2. The molecule has 0 radical (unpaired) electrons. The highest BCUT2D eigenvalue weighted by Gasteiger charge is 2.05. The molecule has 1 aromatic heterocycles. The summed E-state index contributed by atoms with van der Waals surface area (Å²) in [5, 5.41) is 3.79. The zero-order valence-electron chi connectivity index (χ0n) is 11.3. The largest absolute Gasteiger partial charge is 0.399 e. The third-order valence-corrected chi connectivity index (χ3v) is 3.77. The van der Waals surface area contributed by atoms with Crippen molar-refractivity contribution in [3.63, 3.8) is 0 Å². The Morgan fingerprint density at radius 3 is 3.05 bits per heavy atom. The number of rotatable bonds is 6. The van der Waals surface area contributed by atoms with Crippen molar-refractivity contribution in [2.24, 2.45) is 0 Å². The third-order valence-electron chi connectivity index (χ3n) is 2.78. The molecule has 4 N–H and O–H groups in total. The summed E-state index contributed by atoms with van der Waals surface area (Å²) in [7, 11) is 0. The molecule has 2 rings (SSSR count). The van der Waals surface area contributed by atoms with E-state index in [1.807, 2.05) is 19.1 Å². The van der Waals surface area contributed by atoms with E-state index >= 15 is 0 Å². The summed E-state index contributed by atoms with van der Waals surface area (Å²) in [6.07, 6.45) is 4.82. The van der Waals surface area contributed by atoms with Gasteiger partial charge in [-0.3, -0.25) is 4.79 Å². The van der Waals surface area contributed by atoms with Gasteiger partial charge in [0, 0.05) is 35.9 Å². The van der Waals surface area contributed by atoms with Crippen molar-refractivity contribution in [2.45, 2.75) is 24.9 Å². The highest BCUT2D eigenvalue weighted by atomic mass is 32.2. The molecule has 1 aromatic carbocycles. The van der Waals surface area contributed by atoms with Gasteiger partial charge in [0.05, 0.1) is 0 Å². The van der Waals surface area contributed by atoms with Crippen molar-refractivity contribution in [2.75, 3.05) is 16.8 Å². The molecule has 5 nitrogen and oxygen atoms in total. The molecule has 0 fully saturated rings. The number of benzene rings is 1. The van der Waals surface area contributed by atoms with E-state index < -0.39 is 0 Å². The van der Waals surface area contributed by atoms with Crippen LogP contribution in [-0.2, 0) is 4.79 Å². The van der Waals surface area contributed by atoms with Crippen LogP contribution in [0.1, 0.15) is 18.4 Å². The molecule has 0 spiro atoms. The van der Waals surface area contributed by atoms with Crippen LogP contribution >= 0.6 is 11.8 Å². The first-order chi connectivity index (χ1) is 9.65. The molecule has 1 amide bonds. The molecule has 0 aliphatic carbocycles. The Morgan fingerprint density at radius 2 is 2.35 bits per heavy atom. The number of nitrogens with zero attached hydrogens (tertiary/aromatic N) is 1.